The number of benzene rings is 2. The zero-order valence-corrected chi connectivity index (χ0v) is 26.0. The van der Waals surface area contributed by atoms with Crippen LogP contribution in [-0.2, 0) is 14.2 Å². The van der Waals surface area contributed by atoms with Gasteiger partial charge >= 0.3 is 17.6 Å². The molecule has 234 valence electrons. The molecule has 1 saturated heterocycles. The summed E-state index contributed by atoms with van der Waals surface area (Å²) in [7, 11) is 0. The number of esters is 2. The van der Waals surface area contributed by atoms with Crippen molar-refractivity contribution in [2.75, 3.05) is 19.7 Å². The van der Waals surface area contributed by atoms with Crippen LogP contribution in [0.3, 0.4) is 0 Å². The third kappa shape index (κ3) is 9.09. The van der Waals surface area contributed by atoms with Crippen LogP contribution in [0.15, 0.2) is 70.6 Å². The molecule has 44 heavy (non-hydrogen) atoms. The predicted molar refractivity (Wildman–Crippen MR) is 168 cm³/mol. The van der Waals surface area contributed by atoms with Crippen LogP contribution in [0.2, 0.25) is 0 Å². The number of aryl methyl sites for hydroxylation is 2. The summed E-state index contributed by atoms with van der Waals surface area (Å²) in [5.41, 5.74) is 2.29. The number of hydrogen-bond acceptors (Lipinski definition) is 8. The molecule has 10 nitrogen and oxygen atoms in total. The van der Waals surface area contributed by atoms with Gasteiger partial charge in [0.25, 0.3) is 0 Å². The van der Waals surface area contributed by atoms with Gasteiger partial charge in [0.15, 0.2) is 5.82 Å². The summed E-state index contributed by atoms with van der Waals surface area (Å²) in [5.74, 6) is -0.748. The monoisotopic (exact) mass is 602 g/mol. The fourth-order valence-corrected chi connectivity index (χ4v) is 4.76. The standard InChI is InChI=1S/C34H42N4O6/c1-5-7-18-37(19-8-6-2)23-35-30-17-20-38(34(41)36-30)31-21-28(44-33(40)27-15-11-25(4)12-16-27)29(43-31)22-42-32(39)26-13-9-24(3)10-14-26/h9-17,20,23,28-29,31H,5-8,18-19,21-22H2,1-4H3/t28-,29+,31+/m0/s1. The Hall–Kier alpha value is -4.31. The highest BCUT2D eigenvalue weighted by Gasteiger charge is 2.40. The van der Waals surface area contributed by atoms with Crippen molar-refractivity contribution in [3.8, 4) is 0 Å². The Kier molecular flexibility index (Phi) is 11.8. The first kappa shape index (κ1) is 32.6. The quantitative estimate of drug-likeness (QED) is 0.129. The van der Waals surface area contributed by atoms with Gasteiger partial charge in [-0.3, -0.25) is 4.57 Å². The molecule has 2 aromatic carbocycles. The van der Waals surface area contributed by atoms with Crippen molar-refractivity contribution in [3.05, 3.63) is 93.5 Å². The molecule has 0 amide bonds. The van der Waals surface area contributed by atoms with Crippen molar-refractivity contribution in [2.24, 2.45) is 4.99 Å². The van der Waals surface area contributed by atoms with Crippen molar-refractivity contribution >= 4 is 24.1 Å². The molecule has 0 aliphatic carbocycles. The number of ether oxygens (including phenoxy) is 3. The summed E-state index contributed by atoms with van der Waals surface area (Å²) in [6, 6.07) is 15.7. The number of aliphatic imine (C=N–C) groups is 1. The topological polar surface area (TPSA) is 112 Å². The lowest BCUT2D eigenvalue weighted by atomic mass is 10.1. The molecule has 4 rings (SSSR count). The van der Waals surface area contributed by atoms with Crippen molar-refractivity contribution < 1.29 is 23.8 Å². The third-order valence-corrected chi connectivity index (χ3v) is 7.47. The fraction of sp³-hybridized carbons (Fsp3) is 0.441. The maximum atomic E-state index is 13.1. The summed E-state index contributed by atoms with van der Waals surface area (Å²) in [6.45, 7) is 9.78. The number of hydrogen-bond donors (Lipinski definition) is 0. The highest BCUT2D eigenvalue weighted by atomic mass is 16.6. The molecule has 0 unspecified atom stereocenters. The summed E-state index contributed by atoms with van der Waals surface area (Å²) >= 11 is 0. The van der Waals surface area contributed by atoms with Gasteiger partial charge in [0.05, 0.1) is 17.5 Å². The van der Waals surface area contributed by atoms with Crippen LogP contribution in [-0.4, -0.2) is 64.6 Å². The Morgan fingerprint density at radius 3 is 2.11 bits per heavy atom. The second-order valence-corrected chi connectivity index (χ2v) is 11.1. The number of aromatic nitrogens is 2. The smallest absolute Gasteiger partial charge is 0.351 e. The third-order valence-electron chi connectivity index (χ3n) is 7.47. The van der Waals surface area contributed by atoms with E-state index in [0.717, 1.165) is 49.9 Å². The van der Waals surface area contributed by atoms with Gasteiger partial charge in [0.1, 0.15) is 25.0 Å². The molecular weight excluding hydrogens is 560 g/mol. The maximum Gasteiger partial charge on any atom is 0.351 e. The Morgan fingerprint density at radius 2 is 1.55 bits per heavy atom. The molecule has 1 aliphatic rings. The van der Waals surface area contributed by atoms with Crippen LogP contribution in [0.4, 0.5) is 5.82 Å². The minimum absolute atomic E-state index is 0.162. The summed E-state index contributed by atoms with van der Waals surface area (Å²) in [5, 5.41) is 0. The van der Waals surface area contributed by atoms with Gasteiger partial charge in [0, 0.05) is 25.7 Å². The van der Waals surface area contributed by atoms with Crippen LogP contribution < -0.4 is 5.69 Å². The van der Waals surface area contributed by atoms with E-state index in [1.54, 1.807) is 42.9 Å². The molecule has 3 aromatic rings. The summed E-state index contributed by atoms with van der Waals surface area (Å²) in [6.07, 6.45) is 5.45. The first-order chi connectivity index (χ1) is 21.3. The SMILES string of the molecule is CCCCN(C=Nc1ccn([C@H]2C[C@H](OC(=O)c3ccc(C)cc3)[C@@H](COC(=O)c3ccc(C)cc3)O2)c(=O)n1)CCCC. The minimum atomic E-state index is -0.793. The maximum absolute atomic E-state index is 13.1. The van der Waals surface area contributed by atoms with E-state index < -0.39 is 36.1 Å². The van der Waals surface area contributed by atoms with Crippen LogP contribution in [0.5, 0.6) is 0 Å². The lowest BCUT2D eigenvalue weighted by Crippen LogP contribution is -2.32. The van der Waals surface area contributed by atoms with Gasteiger partial charge < -0.3 is 19.1 Å². The van der Waals surface area contributed by atoms with E-state index in [4.69, 9.17) is 14.2 Å². The van der Waals surface area contributed by atoms with Crippen LogP contribution >= 0.6 is 0 Å². The Bertz CT molecular complexity index is 1460. The molecule has 0 spiro atoms. The molecule has 0 saturated carbocycles. The number of unbranched alkanes of at least 4 members (excludes halogenated alkanes) is 2. The van der Waals surface area contributed by atoms with Gasteiger partial charge in [-0.1, -0.05) is 62.1 Å². The Labute approximate surface area is 258 Å². The molecular formula is C34H42N4O6. The van der Waals surface area contributed by atoms with E-state index in [1.165, 1.54) is 4.57 Å². The zero-order chi connectivity index (χ0) is 31.5. The zero-order valence-electron chi connectivity index (χ0n) is 26.0. The average molecular weight is 603 g/mol. The molecule has 0 radical (unpaired) electrons. The number of nitrogens with zero attached hydrogens (tertiary/aromatic N) is 4. The van der Waals surface area contributed by atoms with E-state index in [9.17, 15) is 14.4 Å². The normalized spacial score (nSPS) is 18.0. The second kappa shape index (κ2) is 16.0. The van der Waals surface area contributed by atoms with Crippen molar-refractivity contribution in [1.29, 1.82) is 0 Å². The lowest BCUT2D eigenvalue weighted by molar-refractivity contribution is -0.0582. The highest BCUT2D eigenvalue weighted by Crippen LogP contribution is 2.31. The van der Waals surface area contributed by atoms with E-state index in [1.807, 2.05) is 38.1 Å². The lowest BCUT2D eigenvalue weighted by Gasteiger charge is -2.19. The van der Waals surface area contributed by atoms with Crippen LogP contribution in [0.25, 0.3) is 0 Å². The molecule has 0 bridgehead atoms. The van der Waals surface area contributed by atoms with Gasteiger partial charge in [-0.25, -0.2) is 19.4 Å². The number of carbonyl (C=O) groups excluding carboxylic acids is 2. The van der Waals surface area contributed by atoms with Crippen molar-refractivity contribution in [1.82, 2.24) is 14.5 Å². The largest absolute Gasteiger partial charge is 0.459 e. The van der Waals surface area contributed by atoms with E-state index in [2.05, 4.69) is 28.7 Å². The van der Waals surface area contributed by atoms with Gasteiger partial charge in [-0.2, -0.15) is 4.98 Å². The molecule has 1 aliphatic heterocycles. The molecule has 2 heterocycles. The molecule has 1 aromatic heterocycles. The van der Waals surface area contributed by atoms with Crippen LogP contribution in [0, 0.1) is 13.8 Å². The summed E-state index contributed by atoms with van der Waals surface area (Å²) in [4.78, 5) is 49.5. The van der Waals surface area contributed by atoms with Gasteiger partial charge in [-0.05, 0) is 57.0 Å². The average Bonchev–Trinajstić information content (AvgIpc) is 3.42. The number of rotatable bonds is 14. The van der Waals surface area contributed by atoms with Crippen LogP contribution in [0.1, 0.15) is 84.0 Å². The van der Waals surface area contributed by atoms with Gasteiger partial charge in [0.2, 0.25) is 0 Å². The van der Waals surface area contributed by atoms with Crippen molar-refractivity contribution in [3.63, 3.8) is 0 Å². The second-order valence-electron chi connectivity index (χ2n) is 11.1. The minimum Gasteiger partial charge on any atom is -0.459 e. The van der Waals surface area contributed by atoms with Gasteiger partial charge in [-0.15, -0.1) is 0 Å². The number of carbonyl (C=O) groups is 2. The Morgan fingerprint density at radius 1 is 0.955 bits per heavy atom. The molecule has 10 heteroatoms. The van der Waals surface area contributed by atoms with E-state index >= 15 is 0 Å². The summed E-state index contributed by atoms with van der Waals surface area (Å²) < 4.78 is 18.9. The first-order valence-electron chi connectivity index (χ1n) is 15.3. The molecule has 1 fully saturated rings. The van der Waals surface area contributed by atoms with Crippen molar-refractivity contribution in [2.45, 2.75) is 78.2 Å². The van der Waals surface area contributed by atoms with E-state index in [0.29, 0.717) is 16.9 Å². The van der Waals surface area contributed by atoms with E-state index in [-0.39, 0.29) is 13.0 Å². The first-order valence-corrected chi connectivity index (χ1v) is 15.3. The predicted octanol–water partition coefficient (Wildman–Crippen LogP) is 5.79. The fourth-order valence-electron chi connectivity index (χ4n) is 4.76. The molecule has 3 atom stereocenters. The molecule has 0 N–H and O–H groups in total. The highest BCUT2D eigenvalue weighted by molar-refractivity contribution is 5.90. The Balaban J connectivity index is 1.48.